The van der Waals surface area contributed by atoms with Gasteiger partial charge in [-0.3, -0.25) is 9.48 Å². The number of hydrogen-bond donors (Lipinski definition) is 1. The van der Waals surface area contributed by atoms with Crippen LogP contribution in [-0.2, 0) is 6.54 Å². The van der Waals surface area contributed by atoms with Crippen LogP contribution >= 0.6 is 11.3 Å². The largest absolute Gasteiger partial charge is 0.496 e. The van der Waals surface area contributed by atoms with Crippen molar-refractivity contribution in [2.45, 2.75) is 31.5 Å². The van der Waals surface area contributed by atoms with Crippen molar-refractivity contribution in [3.63, 3.8) is 0 Å². The van der Waals surface area contributed by atoms with Gasteiger partial charge < -0.3 is 14.7 Å². The zero-order valence-electron chi connectivity index (χ0n) is 15.7. The summed E-state index contributed by atoms with van der Waals surface area (Å²) in [6.45, 7) is 1.19. The molecule has 7 heteroatoms. The number of aliphatic hydroxyl groups is 1. The fourth-order valence-electron chi connectivity index (χ4n) is 3.79. The van der Waals surface area contributed by atoms with E-state index in [2.05, 4.69) is 5.10 Å². The van der Waals surface area contributed by atoms with E-state index >= 15 is 0 Å². The molecule has 146 valence electrons. The van der Waals surface area contributed by atoms with E-state index in [4.69, 9.17) is 4.74 Å². The van der Waals surface area contributed by atoms with Crippen LogP contribution in [0.5, 0.6) is 5.75 Å². The number of benzene rings is 1. The minimum Gasteiger partial charge on any atom is -0.496 e. The minimum absolute atomic E-state index is 0.0533. The standard InChI is InChI=1S/C21H23N3O3S/c1-27-18-8-7-15(13-16(18)14-23-10-4-9-22-23)21(26)24-11-2-5-17(24)20(25)19-6-3-12-28-19/h3-4,6-10,12-13,17,20,25H,2,5,11,14H2,1H3/t17-,20-/m1/s1. The number of ether oxygens (including phenoxy) is 1. The topological polar surface area (TPSA) is 67.6 Å². The first-order valence-corrected chi connectivity index (χ1v) is 10.2. The molecule has 0 radical (unpaired) electrons. The number of likely N-dealkylation sites (tertiary alicyclic amines) is 1. The van der Waals surface area contributed by atoms with Gasteiger partial charge in [-0.05, 0) is 48.6 Å². The van der Waals surface area contributed by atoms with Crippen molar-refractivity contribution in [3.05, 3.63) is 70.2 Å². The molecule has 2 aromatic heterocycles. The van der Waals surface area contributed by atoms with Crippen LogP contribution in [-0.4, -0.2) is 45.4 Å². The zero-order valence-corrected chi connectivity index (χ0v) is 16.5. The lowest BCUT2D eigenvalue weighted by Crippen LogP contribution is -2.39. The van der Waals surface area contributed by atoms with Gasteiger partial charge in [0.25, 0.3) is 5.91 Å². The number of hydrogen-bond acceptors (Lipinski definition) is 5. The summed E-state index contributed by atoms with van der Waals surface area (Å²) < 4.78 is 7.25. The number of aliphatic hydroxyl groups excluding tert-OH is 1. The smallest absolute Gasteiger partial charge is 0.254 e. The molecule has 1 amide bonds. The molecule has 1 saturated heterocycles. The first kappa shape index (κ1) is 18.7. The van der Waals surface area contributed by atoms with Gasteiger partial charge in [0.2, 0.25) is 0 Å². The first-order chi connectivity index (χ1) is 13.7. The Morgan fingerprint density at radius 3 is 3.00 bits per heavy atom. The number of rotatable bonds is 6. The van der Waals surface area contributed by atoms with Crippen molar-refractivity contribution in [1.82, 2.24) is 14.7 Å². The monoisotopic (exact) mass is 397 g/mol. The second-order valence-electron chi connectivity index (χ2n) is 6.90. The zero-order chi connectivity index (χ0) is 19.5. The van der Waals surface area contributed by atoms with E-state index in [-0.39, 0.29) is 11.9 Å². The van der Waals surface area contributed by atoms with Crippen molar-refractivity contribution in [1.29, 1.82) is 0 Å². The molecule has 0 saturated carbocycles. The molecule has 6 nitrogen and oxygen atoms in total. The molecular formula is C21H23N3O3S. The van der Waals surface area contributed by atoms with Gasteiger partial charge in [0.1, 0.15) is 11.9 Å². The van der Waals surface area contributed by atoms with Gasteiger partial charge in [-0.15, -0.1) is 11.3 Å². The molecule has 28 heavy (non-hydrogen) atoms. The fourth-order valence-corrected chi connectivity index (χ4v) is 4.56. The number of methoxy groups -OCH3 is 1. The van der Waals surface area contributed by atoms with Crippen LogP contribution in [0.4, 0.5) is 0 Å². The number of carbonyl (C=O) groups excluding carboxylic acids is 1. The molecule has 3 heterocycles. The second kappa shape index (κ2) is 8.16. The van der Waals surface area contributed by atoms with Crippen LogP contribution in [0, 0.1) is 0 Å². The van der Waals surface area contributed by atoms with Gasteiger partial charge in [-0.2, -0.15) is 5.10 Å². The average molecular weight is 398 g/mol. The summed E-state index contributed by atoms with van der Waals surface area (Å²) in [5, 5.41) is 17.0. The van der Waals surface area contributed by atoms with Crippen LogP contribution in [0.3, 0.4) is 0 Å². The van der Waals surface area contributed by atoms with Crippen LogP contribution in [0.25, 0.3) is 0 Å². The molecule has 1 aliphatic heterocycles. The van der Waals surface area contributed by atoms with E-state index in [1.165, 1.54) is 11.3 Å². The normalized spacial score (nSPS) is 17.6. The van der Waals surface area contributed by atoms with Crippen molar-refractivity contribution in [3.8, 4) is 5.75 Å². The van der Waals surface area contributed by atoms with Gasteiger partial charge >= 0.3 is 0 Å². The van der Waals surface area contributed by atoms with E-state index in [1.807, 2.05) is 46.8 Å². The SMILES string of the molecule is COc1ccc(C(=O)N2CCC[C@@H]2[C@@H](O)c2cccs2)cc1Cn1cccn1. The Kier molecular flexibility index (Phi) is 5.45. The van der Waals surface area contributed by atoms with E-state index in [1.54, 1.807) is 24.1 Å². The third kappa shape index (κ3) is 3.68. The summed E-state index contributed by atoms with van der Waals surface area (Å²) in [6.07, 6.45) is 4.66. The third-order valence-electron chi connectivity index (χ3n) is 5.18. The number of nitrogens with zero attached hydrogens (tertiary/aromatic N) is 3. The maximum absolute atomic E-state index is 13.2. The van der Waals surface area contributed by atoms with Crippen LogP contribution in [0.1, 0.15) is 39.7 Å². The van der Waals surface area contributed by atoms with Gasteiger partial charge in [-0.1, -0.05) is 6.07 Å². The summed E-state index contributed by atoms with van der Waals surface area (Å²) in [6, 6.07) is 11.0. The Bertz CT molecular complexity index is 925. The number of amides is 1. The summed E-state index contributed by atoms with van der Waals surface area (Å²) in [4.78, 5) is 16.0. The molecule has 2 atom stereocenters. The first-order valence-electron chi connectivity index (χ1n) is 9.34. The van der Waals surface area contributed by atoms with Crippen molar-refractivity contribution in [2.24, 2.45) is 0 Å². The third-order valence-corrected chi connectivity index (χ3v) is 6.12. The molecule has 1 aliphatic rings. The fraction of sp³-hybridized carbons (Fsp3) is 0.333. The predicted octanol–water partition coefficient (Wildman–Crippen LogP) is 3.34. The maximum Gasteiger partial charge on any atom is 0.254 e. The lowest BCUT2D eigenvalue weighted by Gasteiger charge is -2.28. The Morgan fingerprint density at radius 2 is 2.29 bits per heavy atom. The summed E-state index contributed by atoms with van der Waals surface area (Å²) >= 11 is 1.52. The molecule has 1 N–H and O–H groups in total. The summed E-state index contributed by atoms with van der Waals surface area (Å²) in [5.74, 6) is 0.672. The maximum atomic E-state index is 13.2. The lowest BCUT2D eigenvalue weighted by atomic mass is 10.0. The highest BCUT2D eigenvalue weighted by atomic mass is 32.1. The Balaban J connectivity index is 1.58. The number of thiophene rings is 1. The van der Waals surface area contributed by atoms with E-state index in [9.17, 15) is 9.90 Å². The van der Waals surface area contributed by atoms with Gasteiger partial charge in [0.05, 0.1) is 19.7 Å². The molecule has 0 aliphatic carbocycles. The second-order valence-corrected chi connectivity index (χ2v) is 7.88. The van der Waals surface area contributed by atoms with Crippen molar-refractivity contribution < 1.29 is 14.6 Å². The summed E-state index contributed by atoms with van der Waals surface area (Å²) in [5.41, 5.74) is 1.50. The van der Waals surface area contributed by atoms with E-state index in [0.29, 0.717) is 18.7 Å². The van der Waals surface area contributed by atoms with Gasteiger partial charge in [-0.25, -0.2) is 0 Å². The summed E-state index contributed by atoms with van der Waals surface area (Å²) in [7, 11) is 1.62. The Labute approximate surface area is 168 Å². The molecule has 1 aromatic carbocycles. The molecular weight excluding hydrogens is 374 g/mol. The molecule has 1 fully saturated rings. The highest BCUT2D eigenvalue weighted by molar-refractivity contribution is 7.10. The molecule has 4 rings (SSSR count). The van der Waals surface area contributed by atoms with Gasteiger partial charge in [0.15, 0.2) is 0 Å². The molecule has 3 aromatic rings. The van der Waals surface area contributed by atoms with Crippen LogP contribution in [0.15, 0.2) is 54.2 Å². The lowest BCUT2D eigenvalue weighted by molar-refractivity contribution is 0.0496. The minimum atomic E-state index is -0.645. The molecule has 0 unspecified atom stereocenters. The van der Waals surface area contributed by atoms with Crippen LogP contribution < -0.4 is 4.74 Å². The average Bonchev–Trinajstić information content (AvgIpc) is 3.49. The number of aromatic nitrogens is 2. The molecule has 0 spiro atoms. The van der Waals surface area contributed by atoms with Crippen molar-refractivity contribution >= 4 is 17.2 Å². The predicted molar refractivity (Wildman–Crippen MR) is 108 cm³/mol. The van der Waals surface area contributed by atoms with E-state index in [0.717, 1.165) is 29.0 Å². The number of carbonyl (C=O) groups is 1. The highest BCUT2D eigenvalue weighted by Gasteiger charge is 2.35. The Morgan fingerprint density at radius 1 is 1.39 bits per heavy atom. The van der Waals surface area contributed by atoms with Gasteiger partial charge in [0, 0.05) is 34.9 Å². The molecule has 0 bridgehead atoms. The quantitative estimate of drug-likeness (QED) is 0.693. The van der Waals surface area contributed by atoms with E-state index < -0.39 is 6.10 Å². The van der Waals surface area contributed by atoms with Crippen LogP contribution in [0.2, 0.25) is 0 Å². The Hall–Kier alpha value is -2.64. The van der Waals surface area contributed by atoms with Crippen molar-refractivity contribution in [2.75, 3.05) is 13.7 Å². The highest BCUT2D eigenvalue weighted by Crippen LogP contribution is 2.33.